The molecule has 1 fully saturated rings. The zero-order valence-electron chi connectivity index (χ0n) is 8.64. The zero-order chi connectivity index (χ0) is 10.8. The minimum Gasteiger partial charge on any atom is -0.398 e. The number of likely N-dealkylation sites (tertiary alicyclic amines) is 1. The maximum atomic E-state index is 11.7. The van der Waals surface area contributed by atoms with E-state index in [-0.39, 0.29) is 11.2 Å². The number of carbonyl (C=O) groups excluding carboxylic acids is 1. The van der Waals surface area contributed by atoms with Crippen LogP contribution in [-0.4, -0.2) is 29.6 Å². The first-order valence-corrected chi connectivity index (χ1v) is 5.82. The van der Waals surface area contributed by atoms with Crippen molar-refractivity contribution in [2.75, 3.05) is 19.3 Å². The molecule has 0 aliphatic carbocycles. The molecule has 1 heterocycles. The van der Waals surface area contributed by atoms with Crippen molar-refractivity contribution in [1.29, 1.82) is 0 Å². The van der Waals surface area contributed by atoms with E-state index in [2.05, 4.69) is 0 Å². The summed E-state index contributed by atoms with van der Waals surface area (Å²) in [6.45, 7) is 0.850. The molecule has 15 heavy (non-hydrogen) atoms. The molecule has 0 aromatic heterocycles. The third-order valence-corrected chi connectivity index (χ3v) is 3.91. The summed E-state index contributed by atoms with van der Waals surface area (Å²) in [5, 5.41) is 0.0414. The van der Waals surface area contributed by atoms with Crippen molar-refractivity contribution < 1.29 is 4.79 Å². The lowest BCUT2D eigenvalue weighted by molar-refractivity contribution is -0.126. The predicted octanol–water partition coefficient (Wildman–Crippen LogP) is 1.59. The van der Waals surface area contributed by atoms with Gasteiger partial charge >= 0.3 is 0 Å². The zero-order valence-corrected chi connectivity index (χ0v) is 9.46. The number of amides is 1. The van der Waals surface area contributed by atoms with Gasteiger partial charge in [-0.25, -0.2) is 0 Å². The number of hydrogen-bond acceptors (Lipinski definition) is 3. The molecule has 2 rings (SSSR count). The Bertz CT molecular complexity index is 381. The number of para-hydroxylation sites is 1. The number of hydrogen-bond donors (Lipinski definition) is 1. The first-order chi connectivity index (χ1) is 7.18. The standard InChI is InChI=1S/C11H14N2OS/c1-13-7-6-10(11(13)14)15-9-5-3-2-4-8(9)12/h2-5,10H,6-7,12H2,1H3/t10-/m0/s1. The van der Waals surface area contributed by atoms with Crippen LogP contribution in [0.5, 0.6) is 0 Å². The van der Waals surface area contributed by atoms with Gasteiger partial charge in [-0.2, -0.15) is 0 Å². The smallest absolute Gasteiger partial charge is 0.235 e. The molecule has 1 aliphatic heterocycles. The summed E-state index contributed by atoms with van der Waals surface area (Å²) in [5.41, 5.74) is 6.59. The van der Waals surface area contributed by atoms with Gasteiger partial charge in [-0.15, -0.1) is 11.8 Å². The van der Waals surface area contributed by atoms with E-state index in [1.54, 1.807) is 16.7 Å². The number of rotatable bonds is 2. The molecule has 1 amide bonds. The third kappa shape index (κ3) is 2.09. The maximum absolute atomic E-state index is 11.7. The summed E-state index contributed by atoms with van der Waals surface area (Å²) in [7, 11) is 1.84. The second kappa shape index (κ2) is 4.14. The van der Waals surface area contributed by atoms with Gasteiger partial charge in [-0.05, 0) is 18.6 Å². The van der Waals surface area contributed by atoms with Crippen molar-refractivity contribution in [2.24, 2.45) is 0 Å². The lowest BCUT2D eigenvalue weighted by Gasteiger charge is -2.11. The largest absolute Gasteiger partial charge is 0.398 e. The average Bonchev–Trinajstić information content (AvgIpc) is 2.53. The van der Waals surface area contributed by atoms with Crippen LogP contribution in [0.25, 0.3) is 0 Å². The van der Waals surface area contributed by atoms with E-state index >= 15 is 0 Å². The highest BCUT2D eigenvalue weighted by atomic mass is 32.2. The Balaban J connectivity index is 2.10. The summed E-state index contributed by atoms with van der Waals surface area (Å²) in [6.07, 6.45) is 0.911. The Morgan fingerprint density at radius 3 is 2.80 bits per heavy atom. The van der Waals surface area contributed by atoms with Gasteiger partial charge < -0.3 is 10.6 Å². The fourth-order valence-electron chi connectivity index (χ4n) is 1.64. The monoisotopic (exact) mass is 222 g/mol. The Labute approximate surface area is 93.6 Å². The van der Waals surface area contributed by atoms with Crippen LogP contribution in [0.2, 0.25) is 0 Å². The topological polar surface area (TPSA) is 46.3 Å². The van der Waals surface area contributed by atoms with Gasteiger partial charge in [0.15, 0.2) is 0 Å². The minimum absolute atomic E-state index is 0.0414. The molecule has 2 N–H and O–H groups in total. The summed E-state index contributed by atoms with van der Waals surface area (Å²) in [5.74, 6) is 0.211. The van der Waals surface area contributed by atoms with Crippen LogP contribution in [0.15, 0.2) is 29.2 Å². The van der Waals surface area contributed by atoms with Crippen molar-refractivity contribution in [3.05, 3.63) is 24.3 Å². The molecule has 0 spiro atoms. The highest BCUT2D eigenvalue weighted by Gasteiger charge is 2.29. The summed E-state index contributed by atoms with van der Waals surface area (Å²) < 4.78 is 0. The molecule has 1 atom stereocenters. The van der Waals surface area contributed by atoms with E-state index in [0.717, 1.165) is 23.5 Å². The van der Waals surface area contributed by atoms with Crippen molar-refractivity contribution in [3.63, 3.8) is 0 Å². The van der Waals surface area contributed by atoms with E-state index in [4.69, 9.17) is 5.73 Å². The van der Waals surface area contributed by atoms with Crippen molar-refractivity contribution in [2.45, 2.75) is 16.6 Å². The molecule has 0 bridgehead atoms. The van der Waals surface area contributed by atoms with Gasteiger partial charge in [0.2, 0.25) is 5.91 Å². The number of nitrogens with two attached hydrogens (primary N) is 1. The van der Waals surface area contributed by atoms with Crippen molar-refractivity contribution in [1.82, 2.24) is 4.90 Å². The summed E-state index contributed by atoms with van der Waals surface area (Å²) >= 11 is 1.57. The van der Waals surface area contributed by atoms with Gasteiger partial charge in [0.05, 0.1) is 5.25 Å². The number of carbonyl (C=O) groups is 1. The second-order valence-electron chi connectivity index (χ2n) is 3.69. The first kappa shape index (κ1) is 10.4. The lowest BCUT2D eigenvalue weighted by atomic mass is 10.3. The third-order valence-electron chi connectivity index (χ3n) is 2.57. The normalized spacial score (nSPS) is 21.0. The van der Waals surface area contributed by atoms with E-state index in [9.17, 15) is 4.79 Å². The molecule has 1 saturated heterocycles. The van der Waals surface area contributed by atoms with E-state index in [1.807, 2.05) is 31.3 Å². The van der Waals surface area contributed by atoms with E-state index in [1.165, 1.54) is 0 Å². The van der Waals surface area contributed by atoms with Gasteiger partial charge in [0.1, 0.15) is 0 Å². The molecule has 4 heteroatoms. The molecular weight excluding hydrogens is 208 g/mol. The lowest BCUT2D eigenvalue weighted by Crippen LogP contribution is -2.23. The molecule has 1 aromatic carbocycles. The number of benzene rings is 1. The number of nitrogens with zero attached hydrogens (tertiary/aromatic N) is 1. The highest BCUT2D eigenvalue weighted by Crippen LogP contribution is 2.33. The fourth-order valence-corrected chi connectivity index (χ4v) is 2.81. The second-order valence-corrected chi connectivity index (χ2v) is 4.94. The van der Waals surface area contributed by atoms with Crippen molar-refractivity contribution in [3.8, 4) is 0 Å². The Morgan fingerprint density at radius 2 is 2.20 bits per heavy atom. The van der Waals surface area contributed by atoms with Crippen LogP contribution in [0.3, 0.4) is 0 Å². The minimum atomic E-state index is 0.0414. The van der Waals surface area contributed by atoms with Crippen LogP contribution in [-0.2, 0) is 4.79 Å². The van der Waals surface area contributed by atoms with Crippen LogP contribution >= 0.6 is 11.8 Å². The molecular formula is C11H14N2OS. The first-order valence-electron chi connectivity index (χ1n) is 4.94. The predicted molar refractivity (Wildman–Crippen MR) is 62.8 cm³/mol. The van der Waals surface area contributed by atoms with Crippen LogP contribution in [0.1, 0.15) is 6.42 Å². The van der Waals surface area contributed by atoms with Gasteiger partial charge in [0, 0.05) is 24.2 Å². The molecule has 80 valence electrons. The number of thioether (sulfide) groups is 1. The molecule has 0 saturated carbocycles. The van der Waals surface area contributed by atoms with Crippen LogP contribution in [0, 0.1) is 0 Å². The Hall–Kier alpha value is -1.16. The van der Waals surface area contributed by atoms with Crippen LogP contribution in [0.4, 0.5) is 5.69 Å². The molecule has 0 radical (unpaired) electrons. The van der Waals surface area contributed by atoms with Crippen molar-refractivity contribution >= 4 is 23.4 Å². The fraction of sp³-hybridized carbons (Fsp3) is 0.364. The quantitative estimate of drug-likeness (QED) is 0.773. The SMILES string of the molecule is CN1CC[C@H](Sc2ccccc2N)C1=O. The van der Waals surface area contributed by atoms with E-state index in [0.29, 0.717) is 0 Å². The Kier molecular flexibility index (Phi) is 2.86. The molecule has 0 unspecified atom stereocenters. The van der Waals surface area contributed by atoms with Gasteiger partial charge in [0.25, 0.3) is 0 Å². The summed E-state index contributed by atoms with van der Waals surface area (Å²) in [6, 6.07) is 7.68. The summed E-state index contributed by atoms with van der Waals surface area (Å²) in [4.78, 5) is 14.5. The average molecular weight is 222 g/mol. The Morgan fingerprint density at radius 1 is 1.47 bits per heavy atom. The molecule has 1 aromatic rings. The molecule has 3 nitrogen and oxygen atoms in total. The maximum Gasteiger partial charge on any atom is 0.235 e. The number of anilines is 1. The highest BCUT2D eigenvalue weighted by molar-refractivity contribution is 8.00. The van der Waals surface area contributed by atoms with Gasteiger partial charge in [-0.1, -0.05) is 12.1 Å². The molecule has 1 aliphatic rings. The number of nitrogen functional groups attached to an aromatic ring is 1. The van der Waals surface area contributed by atoms with Crippen LogP contribution < -0.4 is 5.73 Å². The van der Waals surface area contributed by atoms with Gasteiger partial charge in [-0.3, -0.25) is 4.79 Å². The van der Waals surface area contributed by atoms with E-state index < -0.39 is 0 Å².